The number of rotatable bonds is 3. The molecule has 25 heavy (non-hydrogen) atoms. The van der Waals surface area contributed by atoms with Gasteiger partial charge in [-0.1, -0.05) is 13.8 Å². The van der Waals surface area contributed by atoms with Crippen molar-refractivity contribution in [2.75, 3.05) is 12.9 Å². The van der Waals surface area contributed by atoms with Crippen LogP contribution in [0.2, 0.25) is 0 Å². The highest BCUT2D eigenvalue weighted by atomic mass is 32.2. The van der Waals surface area contributed by atoms with E-state index in [1.54, 1.807) is 18.9 Å². The number of benzene rings is 1. The first kappa shape index (κ1) is 17.9. The number of carbonyl (C=O) groups is 1. The molecule has 2 aliphatic rings. The van der Waals surface area contributed by atoms with Crippen molar-refractivity contribution >= 4 is 29.1 Å². The van der Waals surface area contributed by atoms with E-state index < -0.39 is 12.0 Å². The first-order valence-electron chi connectivity index (χ1n) is 8.37. The Morgan fingerprint density at radius 2 is 2.16 bits per heavy atom. The van der Waals surface area contributed by atoms with E-state index in [1.165, 1.54) is 0 Å². The molecule has 0 aromatic heterocycles. The van der Waals surface area contributed by atoms with Gasteiger partial charge < -0.3 is 15.2 Å². The van der Waals surface area contributed by atoms with E-state index >= 15 is 0 Å². The Bertz CT molecular complexity index is 768. The summed E-state index contributed by atoms with van der Waals surface area (Å²) in [5.74, 6) is 0.546. The average molecular weight is 360 g/mol. The molecule has 1 atom stereocenters. The van der Waals surface area contributed by atoms with Crippen molar-refractivity contribution in [2.45, 2.75) is 39.7 Å². The molecule has 3 rings (SSSR count). The number of hydrogen-bond acceptors (Lipinski definition) is 5. The van der Waals surface area contributed by atoms with Gasteiger partial charge in [-0.05, 0) is 48.9 Å². The zero-order valence-corrected chi connectivity index (χ0v) is 15.9. The standard InChI is InChI=1S/C19H24N2O3S/c1-11-7-12(24-4)5-6-13(11)20-14-8-19(2,3)9-15-17(14)25-10-16(21-15)18(22)23/h5-7,16,21H,8-10H2,1-4H3,(H,22,23)/b20-14+. The second-order valence-corrected chi connectivity index (χ2v) is 8.41. The molecule has 1 heterocycles. The van der Waals surface area contributed by atoms with Crippen molar-refractivity contribution in [3.05, 3.63) is 34.4 Å². The molecule has 1 aliphatic carbocycles. The molecule has 1 aromatic rings. The number of hydrogen-bond donors (Lipinski definition) is 2. The van der Waals surface area contributed by atoms with Crippen LogP contribution in [0.3, 0.4) is 0 Å². The number of allylic oxidation sites excluding steroid dienone is 2. The third kappa shape index (κ3) is 3.84. The maximum atomic E-state index is 11.3. The molecular formula is C19H24N2O3S. The Labute approximate surface area is 152 Å². The van der Waals surface area contributed by atoms with E-state index in [0.717, 1.165) is 46.2 Å². The van der Waals surface area contributed by atoms with Gasteiger partial charge >= 0.3 is 5.97 Å². The lowest BCUT2D eigenvalue weighted by molar-refractivity contribution is -0.138. The average Bonchev–Trinajstić information content (AvgIpc) is 2.54. The number of aliphatic imine (C=N–C) groups is 1. The number of aliphatic carboxylic acids is 1. The first-order valence-corrected chi connectivity index (χ1v) is 9.35. The van der Waals surface area contributed by atoms with Crippen molar-refractivity contribution in [3.8, 4) is 5.75 Å². The fourth-order valence-electron chi connectivity index (χ4n) is 3.28. The highest BCUT2D eigenvalue weighted by Gasteiger charge is 2.36. The van der Waals surface area contributed by atoms with Gasteiger partial charge in [0.05, 0.1) is 18.5 Å². The van der Waals surface area contributed by atoms with Gasteiger partial charge in [0.1, 0.15) is 11.8 Å². The molecule has 1 aliphatic heterocycles. The highest BCUT2D eigenvalue weighted by Crippen LogP contribution is 2.43. The fraction of sp³-hybridized carbons (Fsp3) is 0.474. The first-order chi connectivity index (χ1) is 11.8. The van der Waals surface area contributed by atoms with E-state index in [-0.39, 0.29) is 5.41 Å². The Balaban J connectivity index is 1.99. The maximum absolute atomic E-state index is 11.3. The van der Waals surface area contributed by atoms with Crippen molar-refractivity contribution < 1.29 is 14.6 Å². The number of ether oxygens (including phenoxy) is 1. The molecule has 6 heteroatoms. The van der Waals surface area contributed by atoms with Crippen LogP contribution in [0.5, 0.6) is 5.75 Å². The van der Waals surface area contributed by atoms with E-state index in [0.29, 0.717) is 5.75 Å². The summed E-state index contributed by atoms with van der Waals surface area (Å²) in [7, 11) is 1.66. The van der Waals surface area contributed by atoms with Gasteiger partial charge in [0, 0.05) is 16.4 Å². The fourth-order valence-corrected chi connectivity index (χ4v) is 4.43. The van der Waals surface area contributed by atoms with E-state index in [1.807, 2.05) is 25.1 Å². The second kappa shape index (κ2) is 6.75. The van der Waals surface area contributed by atoms with E-state index in [4.69, 9.17) is 9.73 Å². The number of nitrogens with one attached hydrogen (secondary N) is 1. The minimum Gasteiger partial charge on any atom is -0.497 e. The Morgan fingerprint density at radius 3 is 2.80 bits per heavy atom. The number of carboxylic acids is 1. The number of carboxylic acid groups (broad SMARTS) is 1. The predicted molar refractivity (Wildman–Crippen MR) is 102 cm³/mol. The molecule has 2 N–H and O–H groups in total. The second-order valence-electron chi connectivity index (χ2n) is 7.38. The molecule has 1 aromatic carbocycles. The smallest absolute Gasteiger partial charge is 0.326 e. The number of aryl methyl sites for hydroxylation is 1. The van der Waals surface area contributed by atoms with Crippen molar-refractivity contribution in [3.63, 3.8) is 0 Å². The normalized spacial score (nSPS) is 23.8. The van der Waals surface area contributed by atoms with Gasteiger partial charge in [0.15, 0.2) is 0 Å². The van der Waals surface area contributed by atoms with Gasteiger partial charge in [0.25, 0.3) is 0 Å². The van der Waals surface area contributed by atoms with Crippen LogP contribution in [0.1, 0.15) is 32.3 Å². The van der Waals surface area contributed by atoms with Crippen LogP contribution in [0.4, 0.5) is 5.69 Å². The zero-order chi connectivity index (χ0) is 18.2. The monoisotopic (exact) mass is 360 g/mol. The molecule has 0 bridgehead atoms. The quantitative estimate of drug-likeness (QED) is 0.855. The van der Waals surface area contributed by atoms with Gasteiger partial charge in [-0.25, -0.2) is 4.79 Å². The molecule has 0 saturated carbocycles. The summed E-state index contributed by atoms with van der Waals surface area (Å²) < 4.78 is 5.27. The Kier molecular flexibility index (Phi) is 4.82. The van der Waals surface area contributed by atoms with Crippen LogP contribution in [-0.2, 0) is 4.79 Å². The van der Waals surface area contributed by atoms with Crippen LogP contribution in [0.25, 0.3) is 0 Å². The van der Waals surface area contributed by atoms with Gasteiger partial charge in [-0.2, -0.15) is 0 Å². The zero-order valence-electron chi connectivity index (χ0n) is 15.0. The lowest BCUT2D eigenvalue weighted by Crippen LogP contribution is -2.44. The molecule has 1 unspecified atom stereocenters. The molecule has 0 radical (unpaired) electrons. The summed E-state index contributed by atoms with van der Waals surface area (Å²) in [6, 6.07) is 5.35. The topological polar surface area (TPSA) is 70.9 Å². The van der Waals surface area contributed by atoms with Crippen LogP contribution < -0.4 is 10.1 Å². The molecule has 5 nitrogen and oxygen atoms in total. The lowest BCUT2D eigenvalue weighted by Gasteiger charge is -2.38. The van der Waals surface area contributed by atoms with Crippen LogP contribution in [0, 0.1) is 12.3 Å². The van der Waals surface area contributed by atoms with Crippen molar-refractivity contribution in [1.82, 2.24) is 5.32 Å². The van der Waals surface area contributed by atoms with Crippen molar-refractivity contribution in [1.29, 1.82) is 0 Å². The Morgan fingerprint density at radius 1 is 1.40 bits per heavy atom. The van der Waals surface area contributed by atoms with Gasteiger partial charge in [0.2, 0.25) is 0 Å². The SMILES string of the molecule is COc1ccc(/N=C2\CC(C)(C)CC3=C2SCC(C(=O)O)N3)c(C)c1. The van der Waals surface area contributed by atoms with E-state index in [2.05, 4.69) is 19.2 Å². The summed E-state index contributed by atoms with van der Waals surface area (Å²) in [5, 5.41) is 12.5. The third-order valence-electron chi connectivity index (χ3n) is 4.54. The minimum absolute atomic E-state index is 0.0476. The van der Waals surface area contributed by atoms with E-state index in [9.17, 15) is 9.90 Å². The van der Waals surface area contributed by atoms with Crippen LogP contribution in [-0.4, -0.2) is 35.7 Å². The third-order valence-corrected chi connectivity index (χ3v) is 5.81. The molecule has 0 amide bonds. The summed E-state index contributed by atoms with van der Waals surface area (Å²) in [6.45, 7) is 6.42. The van der Waals surface area contributed by atoms with Crippen molar-refractivity contribution in [2.24, 2.45) is 10.4 Å². The highest BCUT2D eigenvalue weighted by molar-refractivity contribution is 8.04. The van der Waals surface area contributed by atoms with Crippen LogP contribution >= 0.6 is 11.8 Å². The van der Waals surface area contributed by atoms with Gasteiger partial charge in [-0.3, -0.25) is 4.99 Å². The molecule has 0 spiro atoms. The lowest BCUT2D eigenvalue weighted by atomic mass is 9.78. The number of nitrogens with zero attached hydrogens (tertiary/aromatic N) is 1. The number of thioether (sulfide) groups is 1. The summed E-state index contributed by atoms with van der Waals surface area (Å²) in [6.07, 6.45) is 1.73. The Hall–Kier alpha value is -1.95. The molecule has 0 saturated heterocycles. The minimum atomic E-state index is -0.799. The summed E-state index contributed by atoms with van der Waals surface area (Å²) in [5.41, 5.74) is 4.10. The predicted octanol–water partition coefficient (Wildman–Crippen LogP) is 3.90. The molecule has 134 valence electrons. The maximum Gasteiger partial charge on any atom is 0.326 e. The van der Waals surface area contributed by atoms with Gasteiger partial charge in [-0.15, -0.1) is 11.8 Å². The summed E-state index contributed by atoms with van der Waals surface area (Å²) >= 11 is 1.61. The molecular weight excluding hydrogens is 336 g/mol. The number of methoxy groups -OCH3 is 1. The largest absolute Gasteiger partial charge is 0.497 e. The van der Waals surface area contributed by atoms with Crippen LogP contribution in [0.15, 0.2) is 33.8 Å². The molecule has 0 fully saturated rings. The summed E-state index contributed by atoms with van der Waals surface area (Å²) in [4.78, 5) is 17.4.